The highest BCUT2D eigenvalue weighted by molar-refractivity contribution is 6.05. The summed E-state index contributed by atoms with van der Waals surface area (Å²) in [4.78, 5) is 25.1. The first-order chi connectivity index (χ1) is 13.0. The molecule has 1 atom stereocenters. The van der Waals surface area contributed by atoms with Crippen LogP contribution >= 0.6 is 0 Å². The number of rotatable bonds is 8. The summed E-state index contributed by atoms with van der Waals surface area (Å²) in [6, 6.07) is 15.6. The summed E-state index contributed by atoms with van der Waals surface area (Å²) in [7, 11) is 1.58. The third-order valence-corrected chi connectivity index (χ3v) is 3.90. The first kappa shape index (κ1) is 20.2. The molecule has 2 aromatic rings. The summed E-state index contributed by atoms with van der Waals surface area (Å²) in [6.07, 6.45) is 2.02. The molecule has 0 fully saturated rings. The Morgan fingerprint density at radius 1 is 1.11 bits per heavy atom. The second-order valence-corrected chi connectivity index (χ2v) is 6.04. The summed E-state index contributed by atoms with van der Waals surface area (Å²) in [5, 5.41) is 14.5. The number of nitrogens with one attached hydrogen (secondary N) is 2. The standard InChI is InChI=1S/C21H24N2O4/c1-15(12-13-24)22-21(26)19(14-16-8-10-18(27-2)11-9-16)23-20(25)17-6-4-3-5-7-17/h3-11,14-15,24H,12-13H2,1-2H3,(H,22,26)(H,23,25)/b19-14-/t15-/m0/s1. The van der Waals surface area contributed by atoms with Gasteiger partial charge in [-0.3, -0.25) is 9.59 Å². The van der Waals surface area contributed by atoms with Crippen LogP contribution in [0.4, 0.5) is 0 Å². The second-order valence-electron chi connectivity index (χ2n) is 6.04. The average Bonchev–Trinajstić information content (AvgIpc) is 2.68. The first-order valence-electron chi connectivity index (χ1n) is 8.67. The maximum atomic E-state index is 12.6. The van der Waals surface area contributed by atoms with Gasteiger partial charge in [-0.25, -0.2) is 0 Å². The van der Waals surface area contributed by atoms with Gasteiger partial charge in [0.05, 0.1) is 7.11 Å². The van der Waals surface area contributed by atoms with Gasteiger partial charge in [-0.05, 0) is 49.2 Å². The summed E-state index contributed by atoms with van der Waals surface area (Å²) < 4.78 is 5.13. The predicted octanol–water partition coefficient (Wildman–Crippen LogP) is 2.35. The molecule has 0 saturated carbocycles. The Bertz CT molecular complexity index is 786. The normalized spacial score (nSPS) is 12.2. The van der Waals surface area contributed by atoms with E-state index in [2.05, 4.69) is 10.6 Å². The molecule has 6 heteroatoms. The molecule has 0 spiro atoms. The van der Waals surface area contributed by atoms with Crippen molar-refractivity contribution in [2.24, 2.45) is 0 Å². The van der Waals surface area contributed by atoms with Crippen molar-refractivity contribution >= 4 is 17.9 Å². The quantitative estimate of drug-likeness (QED) is 0.624. The molecule has 3 N–H and O–H groups in total. The Morgan fingerprint density at radius 2 is 1.78 bits per heavy atom. The van der Waals surface area contributed by atoms with Gasteiger partial charge in [-0.15, -0.1) is 0 Å². The van der Waals surface area contributed by atoms with E-state index in [0.717, 1.165) is 5.56 Å². The lowest BCUT2D eigenvalue weighted by atomic mass is 10.1. The lowest BCUT2D eigenvalue weighted by molar-refractivity contribution is -0.118. The van der Waals surface area contributed by atoms with E-state index in [0.29, 0.717) is 17.7 Å². The van der Waals surface area contributed by atoms with E-state index in [-0.39, 0.29) is 24.3 Å². The number of hydrogen-bond acceptors (Lipinski definition) is 4. The van der Waals surface area contributed by atoms with Gasteiger partial charge in [0, 0.05) is 18.2 Å². The van der Waals surface area contributed by atoms with Crippen LogP contribution in [0.25, 0.3) is 6.08 Å². The Hall–Kier alpha value is -3.12. The largest absolute Gasteiger partial charge is 0.497 e. The third-order valence-electron chi connectivity index (χ3n) is 3.90. The zero-order chi connectivity index (χ0) is 19.6. The Kier molecular flexibility index (Phi) is 7.58. The van der Waals surface area contributed by atoms with E-state index in [1.807, 2.05) is 6.07 Å². The highest BCUT2D eigenvalue weighted by Gasteiger charge is 2.16. The highest BCUT2D eigenvalue weighted by atomic mass is 16.5. The van der Waals surface area contributed by atoms with Crippen LogP contribution in [0.3, 0.4) is 0 Å². The number of carbonyl (C=O) groups excluding carboxylic acids is 2. The minimum atomic E-state index is -0.420. The lowest BCUT2D eigenvalue weighted by Gasteiger charge is -2.15. The van der Waals surface area contributed by atoms with Crippen LogP contribution in [0.15, 0.2) is 60.3 Å². The number of aliphatic hydroxyl groups excluding tert-OH is 1. The Morgan fingerprint density at radius 3 is 2.37 bits per heavy atom. The number of carbonyl (C=O) groups is 2. The van der Waals surface area contributed by atoms with Crippen LogP contribution in [0.5, 0.6) is 5.75 Å². The molecule has 142 valence electrons. The van der Waals surface area contributed by atoms with Crippen LogP contribution in [-0.2, 0) is 4.79 Å². The molecule has 2 aromatic carbocycles. The van der Waals surface area contributed by atoms with Gasteiger partial charge in [0.15, 0.2) is 0 Å². The fraction of sp³-hybridized carbons (Fsp3) is 0.238. The summed E-state index contributed by atoms with van der Waals surface area (Å²) in [5.41, 5.74) is 1.32. The van der Waals surface area contributed by atoms with Crippen LogP contribution in [0.1, 0.15) is 29.3 Å². The van der Waals surface area contributed by atoms with Crippen LogP contribution in [0.2, 0.25) is 0 Å². The molecular formula is C21H24N2O4. The number of methoxy groups -OCH3 is 1. The van der Waals surface area contributed by atoms with Crippen molar-refractivity contribution in [3.63, 3.8) is 0 Å². The number of aliphatic hydroxyl groups is 1. The van der Waals surface area contributed by atoms with E-state index >= 15 is 0 Å². The van der Waals surface area contributed by atoms with Crippen LogP contribution in [-0.4, -0.2) is 36.7 Å². The van der Waals surface area contributed by atoms with Gasteiger partial charge in [-0.1, -0.05) is 30.3 Å². The molecule has 6 nitrogen and oxygen atoms in total. The number of amides is 2. The van der Waals surface area contributed by atoms with E-state index in [4.69, 9.17) is 9.84 Å². The van der Waals surface area contributed by atoms with E-state index < -0.39 is 5.91 Å². The zero-order valence-electron chi connectivity index (χ0n) is 15.4. The van der Waals surface area contributed by atoms with E-state index in [9.17, 15) is 9.59 Å². The van der Waals surface area contributed by atoms with Gasteiger partial charge in [0.25, 0.3) is 11.8 Å². The summed E-state index contributed by atoms with van der Waals surface area (Å²) in [5.74, 6) is -0.0978. The molecule has 2 amide bonds. The maximum Gasteiger partial charge on any atom is 0.268 e. The van der Waals surface area contributed by atoms with Crippen molar-refractivity contribution in [2.75, 3.05) is 13.7 Å². The number of ether oxygens (including phenoxy) is 1. The smallest absolute Gasteiger partial charge is 0.268 e. The predicted molar refractivity (Wildman–Crippen MR) is 104 cm³/mol. The molecule has 2 rings (SSSR count). The molecule has 0 aliphatic heterocycles. The molecular weight excluding hydrogens is 344 g/mol. The van der Waals surface area contributed by atoms with Crippen molar-refractivity contribution in [3.8, 4) is 5.75 Å². The minimum Gasteiger partial charge on any atom is -0.497 e. The summed E-state index contributed by atoms with van der Waals surface area (Å²) in [6.45, 7) is 1.76. The monoisotopic (exact) mass is 368 g/mol. The fourth-order valence-corrected chi connectivity index (χ4v) is 2.38. The van der Waals surface area contributed by atoms with Crippen LogP contribution in [0, 0.1) is 0 Å². The number of benzene rings is 2. The van der Waals surface area contributed by atoms with Gasteiger partial charge in [0.2, 0.25) is 0 Å². The SMILES string of the molecule is COc1ccc(/C=C(\NC(=O)c2ccccc2)C(=O)N[C@@H](C)CCO)cc1. The van der Waals surface area contributed by atoms with Crippen molar-refractivity contribution in [2.45, 2.75) is 19.4 Å². The Balaban J connectivity index is 2.25. The average molecular weight is 368 g/mol. The molecule has 0 bridgehead atoms. The molecule has 0 aliphatic rings. The Labute approximate surface area is 158 Å². The third kappa shape index (κ3) is 6.27. The van der Waals surface area contributed by atoms with Crippen molar-refractivity contribution in [1.82, 2.24) is 10.6 Å². The maximum absolute atomic E-state index is 12.6. The molecule has 0 aromatic heterocycles. The molecule has 0 radical (unpaired) electrons. The molecule has 0 saturated heterocycles. The molecule has 0 unspecified atom stereocenters. The van der Waals surface area contributed by atoms with Gasteiger partial charge in [-0.2, -0.15) is 0 Å². The number of hydrogen-bond donors (Lipinski definition) is 3. The molecule has 27 heavy (non-hydrogen) atoms. The topological polar surface area (TPSA) is 87.7 Å². The van der Waals surface area contributed by atoms with Crippen molar-refractivity contribution < 1.29 is 19.4 Å². The molecule has 0 heterocycles. The lowest BCUT2D eigenvalue weighted by Crippen LogP contribution is -2.39. The highest BCUT2D eigenvalue weighted by Crippen LogP contribution is 2.14. The fourth-order valence-electron chi connectivity index (χ4n) is 2.38. The van der Waals surface area contributed by atoms with E-state index in [1.165, 1.54) is 0 Å². The van der Waals surface area contributed by atoms with Crippen molar-refractivity contribution in [1.29, 1.82) is 0 Å². The summed E-state index contributed by atoms with van der Waals surface area (Å²) >= 11 is 0. The first-order valence-corrected chi connectivity index (χ1v) is 8.67. The minimum absolute atomic E-state index is 0.0324. The second kappa shape index (κ2) is 10.1. The van der Waals surface area contributed by atoms with E-state index in [1.54, 1.807) is 68.6 Å². The van der Waals surface area contributed by atoms with Gasteiger partial charge in [0.1, 0.15) is 11.4 Å². The van der Waals surface area contributed by atoms with Crippen molar-refractivity contribution in [3.05, 3.63) is 71.4 Å². The van der Waals surface area contributed by atoms with Gasteiger partial charge < -0.3 is 20.5 Å². The zero-order valence-corrected chi connectivity index (χ0v) is 15.4. The van der Waals surface area contributed by atoms with Gasteiger partial charge >= 0.3 is 0 Å². The van der Waals surface area contributed by atoms with Crippen LogP contribution < -0.4 is 15.4 Å². The molecule has 0 aliphatic carbocycles.